The van der Waals surface area contributed by atoms with E-state index in [1.807, 2.05) is 0 Å². The lowest BCUT2D eigenvalue weighted by Gasteiger charge is -2.11. The summed E-state index contributed by atoms with van der Waals surface area (Å²) in [5.74, 6) is -0.957. The summed E-state index contributed by atoms with van der Waals surface area (Å²) in [5.41, 5.74) is -0.0431. The first-order valence-corrected chi connectivity index (χ1v) is 31.4. The molecule has 0 saturated carbocycles. The number of rotatable bonds is 8. The lowest BCUT2D eigenvalue weighted by atomic mass is 9.99. The van der Waals surface area contributed by atoms with Crippen LogP contribution in [0.3, 0.4) is 0 Å². The molecule has 12 heteroatoms. The summed E-state index contributed by atoms with van der Waals surface area (Å²) in [6.07, 6.45) is 0. The molecular weight excluding hydrogens is 1260 g/mol. The molecule has 0 N–H and O–H groups in total. The molecule has 0 aliphatic heterocycles. The summed E-state index contributed by atoms with van der Waals surface area (Å²) >= 11 is 0. The van der Waals surface area contributed by atoms with Crippen molar-refractivity contribution in [3.63, 3.8) is 0 Å². The van der Waals surface area contributed by atoms with Crippen LogP contribution in [0.1, 0.15) is 42.5 Å². The fourth-order valence-corrected chi connectivity index (χ4v) is 12.9. The number of hydrogen-bond acceptors (Lipinski definition) is 10. The molecule has 0 saturated heterocycles. The molecule has 22 aromatic rings. The maximum Gasteiger partial charge on any atom is 0.238 e. The Morgan fingerprint density at radius 2 is 0.716 bits per heavy atom. The van der Waals surface area contributed by atoms with Crippen LogP contribution in [0.5, 0.6) is 0 Å². The van der Waals surface area contributed by atoms with Gasteiger partial charge in [-0.3, -0.25) is 9.13 Å². The molecule has 0 spiro atoms. The van der Waals surface area contributed by atoms with E-state index >= 15 is 0 Å². The van der Waals surface area contributed by atoms with Crippen molar-refractivity contribution >= 4 is 131 Å². The first kappa shape index (κ1) is 34.4. The zero-order valence-corrected chi connectivity index (χ0v) is 51.8. The highest BCUT2D eigenvalue weighted by Crippen LogP contribution is 2.44. The highest BCUT2D eigenvalue weighted by molar-refractivity contribution is 6.20. The molecule has 14 aromatic carbocycles. The molecule has 0 radical (unpaired) electrons. The zero-order valence-electron chi connectivity index (χ0n) is 82.8. The standard InChI is InChI=1S/2C45H26N4O2/c2*1-3-12-27(13-4-1)30-18-11-21-39-42(30)33-23-22-29(24-40(33)51-39)44-46-43(28-14-5-2-6-15-28)47-45(48-44)49-36-19-9-7-16-31(36)34-25-35-32-17-8-10-20-38(32)50-41(35)26-37(34)49/h2*1-26H/i7D,8D,9D,10D,11D,16D,17D,18D,19D,20D,21D,22D,23D,24D,25D,26D;1D,3D,4D,7D,8D,9D,10D,12D,13D,16D,17D,19D,20D,25D,26D. The van der Waals surface area contributed by atoms with Crippen molar-refractivity contribution in [1.29, 1.82) is 0 Å². The van der Waals surface area contributed by atoms with Gasteiger partial charge in [-0.25, -0.2) is 9.97 Å². The number of benzene rings is 14. The van der Waals surface area contributed by atoms with Gasteiger partial charge in [0.2, 0.25) is 11.9 Å². The smallest absolute Gasteiger partial charge is 0.238 e. The second kappa shape index (κ2) is 22.7. The van der Waals surface area contributed by atoms with Crippen LogP contribution in [0.2, 0.25) is 0 Å². The van der Waals surface area contributed by atoms with E-state index in [0.717, 1.165) is 4.57 Å². The summed E-state index contributed by atoms with van der Waals surface area (Å²) in [4.78, 5) is 28.6. The highest BCUT2D eigenvalue weighted by Gasteiger charge is 2.25. The fraction of sp³-hybridized carbons (Fsp3) is 0. The average Bonchev–Trinajstić information content (AvgIpc) is 1.53. The molecule has 8 heterocycles. The zero-order chi connectivity index (χ0) is 93.9. The van der Waals surface area contributed by atoms with E-state index in [2.05, 4.69) is 4.98 Å². The van der Waals surface area contributed by atoms with Crippen LogP contribution in [0.4, 0.5) is 0 Å². The van der Waals surface area contributed by atoms with Crippen molar-refractivity contribution in [2.45, 2.75) is 0 Å². The van der Waals surface area contributed by atoms with Crippen LogP contribution in [-0.2, 0) is 0 Å². The Balaban J connectivity index is 0.000000160. The molecule has 0 aliphatic carbocycles. The summed E-state index contributed by atoms with van der Waals surface area (Å²) < 4.78 is 301. The maximum absolute atomic E-state index is 9.64. The lowest BCUT2D eigenvalue weighted by molar-refractivity contribution is 0.668. The summed E-state index contributed by atoms with van der Waals surface area (Å²) in [6.45, 7) is 0. The van der Waals surface area contributed by atoms with Crippen molar-refractivity contribution in [2.75, 3.05) is 0 Å². The molecule has 0 atom stereocenters. The van der Waals surface area contributed by atoms with E-state index in [0.29, 0.717) is 49.8 Å². The highest BCUT2D eigenvalue weighted by atomic mass is 16.3. The van der Waals surface area contributed by atoms with Crippen molar-refractivity contribution in [3.8, 4) is 79.7 Å². The van der Waals surface area contributed by atoms with Gasteiger partial charge in [0, 0.05) is 99.0 Å². The summed E-state index contributed by atoms with van der Waals surface area (Å²) in [7, 11) is 0. The van der Waals surface area contributed by atoms with Gasteiger partial charge in [-0.1, -0.05) is 230 Å². The second-order valence-electron chi connectivity index (χ2n) is 23.3. The molecule has 0 unspecified atom stereocenters. The van der Waals surface area contributed by atoms with E-state index in [4.69, 9.17) is 72.7 Å². The largest absolute Gasteiger partial charge is 0.456 e. The first-order valence-electron chi connectivity index (χ1n) is 46.9. The fourth-order valence-electron chi connectivity index (χ4n) is 12.9. The minimum absolute atomic E-state index is 0.00390. The van der Waals surface area contributed by atoms with Crippen molar-refractivity contribution in [1.82, 2.24) is 39.0 Å². The molecule has 0 amide bonds. The van der Waals surface area contributed by atoms with Crippen molar-refractivity contribution in [3.05, 3.63) is 315 Å². The Hall–Kier alpha value is -14.1. The third-order valence-electron chi connectivity index (χ3n) is 17.4. The number of fused-ring (bicyclic) bond motifs is 18. The Morgan fingerprint density at radius 1 is 0.235 bits per heavy atom. The predicted molar refractivity (Wildman–Crippen MR) is 410 cm³/mol. The van der Waals surface area contributed by atoms with Crippen LogP contribution >= 0.6 is 0 Å². The van der Waals surface area contributed by atoms with Gasteiger partial charge in [0.1, 0.15) is 44.7 Å². The Labute approximate surface area is 623 Å². The van der Waals surface area contributed by atoms with Crippen LogP contribution in [-0.4, -0.2) is 39.0 Å². The third kappa shape index (κ3) is 9.17. The molecule has 476 valence electrons. The van der Waals surface area contributed by atoms with Gasteiger partial charge in [-0.05, 0) is 94.8 Å². The second-order valence-corrected chi connectivity index (χ2v) is 23.3. The van der Waals surface area contributed by atoms with E-state index in [1.165, 1.54) is 4.57 Å². The summed E-state index contributed by atoms with van der Waals surface area (Å²) in [5, 5.41) is -0.404. The first-order chi connectivity index (χ1) is 63.5. The van der Waals surface area contributed by atoms with E-state index < -0.39 is 181 Å². The molecule has 22 rings (SSSR count). The normalized spacial score (nSPS) is 16.2. The molecular formula is C90H52N8O4. The van der Waals surface area contributed by atoms with E-state index in [9.17, 15) is 12.3 Å². The van der Waals surface area contributed by atoms with Gasteiger partial charge in [0.05, 0.1) is 64.6 Å². The quantitative estimate of drug-likeness (QED) is 0.144. The predicted octanol–water partition coefficient (Wildman–Crippen LogP) is 23.5. The SMILES string of the molecule is [2H]c1c([2H])c([2H])c(-c2cccc3oc4cc(-c5nc(-c6ccccc6)nc(-n6c7c([2H])c([2H])c([2H])c([2H])c7c7c([2H])c8c(oc9c([2H])c([2H])c([2H])c([2H])c98)c([2H])c76)n5)ccc4c23)c([2H])c1[2H].[2H]c1c([2H])c([2H])c2c(oc3c([2H])c4c(c([2H])c32)c2c([2H])c([2H])c([2H])c([2H])c2n4-c2nc(-c3ccccc3)nc(-c3c([2H])c([2H])c4c(oc5c([2H])c([2H])c([2H])c(-c6ccccc6)c54)c3[2H])n2)c1[2H]. The van der Waals surface area contributed by atoms with Crippen molar-refractivity contribution < 1.29 is 60.2 Å². The lowest BCUT2D eigenvalue weighted by Crippen LogP contribution is -2.06. The minimum Gasteiger partial charge on any atom is -0.456 e. The number of hydrogen-bond donors (Lipinski definition) is 0. The number of furan rings is 4. The topological polar surface area (TPSA) is 140 Å². The van der Waals surface area contributed by atoms with Gasteiger partial charge in [0.15, 0.2) is 23.3 Å². The van der Waals surface area contributed by atoms with Crippen LogP contribution in [0, 0.1) is 0 Å². The minimum atomic E-state index is -0.688. The Kier molecular flexibility index (Phi) is 7.67. The molecule has 0 aliphatic rings. The van der Waals surface area contributed by atoms with Gasteiger partial charge in [-0.15, -0.1) is 0 Å². The molecule has 0 bridgehead atoms. The summed E-state index contributed by atoms with van der Waals surface area (Å²) in [6, 6.07) is 19.4. The van der Waals surface area contributed by atoms with Crippen LogP contribution in [0.25, 0.3) is 211 Å². The van der Waals surface area contributed by atoms with Gasteiger partial charge >= 0.3 is 0 Å². The number of aromatic nitrogens is 8. The van der Waals surface area contributed by atoms with Gasteiger partial charge < -0.3 is 17.7 Å². The maximum atomic E-state index is 9.64. The van der Waals surface area contributed by atoms with Crippen molar-refractivity contribution in [2.24, 2.45) is 0 Å². The number of nitrogens with zero attached hydrogens (tertiary/aromatic N) is 8. The molecule has 102 heavy (non-hydrogen) atoms. The molecule has 12 nitrogen and oxygen atoms in total. The van der Waals surface area contributed by atoms with Gasteiger partial charge in [-0.2, -0.15) is 19.9 Å². The van der Waals surface area contributed by atoms with Gasteiger partial charge in [0.25, 0.3) is 0 Å². The average molecular weight is 1340 g/mol. The number of para-hydroxylation sites is 4. The van der Waals surface area contributed by atoms with E-state index in [1.54, 1.807) is 127 Å². The third-order valence-corrected chi connectivity index (χ3v) is 17.4. The molecule has 0 fully saturated rings. The van der Waals surface area contributed by atoms with E-state index in [-0.39, 0.29) is 168 Å². The van der Waals surface area contributed by atoms with Crippen LogP contribution in [0.15, 0.2) is 332 Å². The molecule has 8 aromatic heterocycles. The monoisotopic (exact) mass is 1340 g/mol. The van der Waals surface area contributed by atoms with Crippen LogP contribution < -0.4 is 0 Å². The Morgan fingerprint density at radius 3 is 1.31 bits per heavy atom. The Bertz CT molecular complexity index is 9090.